The molecule has 17 heavy (non-hydrogen) atoms. The molecule has 4 N–H and O–H groups in total. The number of hydrogen-bond donors (Lipinski definition) is 3. The molecule has 0 heterocycles. The van der Waals surface area contributed by atoms with Crippen LogP contribution in [0.4, 0.5) is 14.5 Å². The second-order valence-electron chi connectivity index (χ2n) is 4.03. The Morgan fingerprint density at radius 2 is 2.12 bits per heavy atom. The Bertz CT molecular complexity index is 455. The number of guanidine groups is 1. The molecule has 1 aliphatic rings. The molecule has 0 saturated heterocycles. The number of aryl methyl sites for hydroxylation is 1. The minimum Gasteiger partial charge on any atom is -0.320 e. The monoisotopic (exact) mass is 240 g/mol. The van der Waals surface area contributed by atoms with Gasteiger partial charge in [-0.3, -0.25) is 5.43 Å². The van der Waals surface area contributed by atoms with E-state index in [1.165, 1.54) is 12.1 Å². The van der Waals surface area contributed by atoms with E-state index in [1.54, 1.807) is 6.92 Å². The van der Waals surface area contributed by atoms with Gasteiger partial charge in [-0.25, -0.2) is 19.6 Å². The Balaban J connectivity index is 2.24. The van der Waals surface area contributed by atoms with Crippen molar-refractivity contribution in [2.45, 2.75) is 25.8 Å². The Morgan fingerprint density at radius 1 is 1.41 bits per heavy atom. The third-order valence-electron chi connectivity index (χ3n) is 2.52. The van der Waals surface area contributed by atoms with E-state index >= 15 is 0 Å². The highest BCUT2D eigenvalue weighted by Gasteiger charge is 2.22. The van der Waals surface area contributed by atoms with Crippen LogP contribution in [0.25, 0.3) is 0 Å². The van der Waals surface area contributed by atoms with E-state index in [0.29, 0.717) is 5.56 Å². The Morgan fingerprint density at radius 3 is 2.71 bits per heavy atom. The van der Waals surface area contributed by atoms with Crippen LogP contribution in [0.2, 0.25) is 0 Å². The first-order chi connectivity index (χ1) is 8.11. The van der Waals surface area contributed by atoms with E-state index in [4.69, 9.17) is 5.84 Å². The van der Waals surface area contributed by atoms with Gasteiger partial charge in [0.25, 0.3) is 0 Å². The quantitative estimate of drug-likeness (QED) is 0.319. The number of aliphatic imine (C=N–C) groups is 1. The molecular weight excluding hydrogens is 226 g/mol. The Hall–Kier alpha value is -1.69. The highest BCUT2D eigenvalue weighted by Crippen LogP contribution is 2.25. The number of nitrogens with one attached hydrogen (secondary N) is 2. The van der Waals surface area contributed by atoms with E-state index in [2.05, 4.69) is 15.7 Å². The molecule has 0 bridgehead atoms. The van der Waals surface area contributed by atoms with Gasteiger partial charge in [0.2, 0.25) is 5.96 Å². The number of hydrazine groups is 1. The molecule has 0 spiro atoms. The largest absolute Gasteiger partial charge is 0.320 e. The predicted octanol–water partition coefficient (Wildman–Crippen LogP) is 1.67. The SMILES string of the molecule is Cc1ccc(F)c(NC(=NC2CC2)NN)c1F. The summed E-state index contributed by atoms with van der Waals surface area (Å²) in [5.41, 5.74) is 2.43. The Labute approximate surface area is 97.9 Å². The molecule has 0 radical (unpaired) electrons. The molecular formula is C11H14F2N4. The van der Waals surface area contributed by atoms with Gasteiger partial charge in [0.15, 0.2) is 5.82 Å². The lowest BCUT2D eigenvalue weighted by Crippen LogP contribution is -2.37. The van der Waals surface area contributed by atoms with Crippen molar-refractivity contribution in [2.24, 2.45) is 10.8 Å². The minimum atomic E-state index is -0.674. The molecule has 2 rings (SSSR count). The summed E-state index contributed by atoms with van der Waals surface area (Å²) in [6.45, 7) is 1.56. The summed E-state index contributed by atoms with van der Waals surface area (Å²) < 4.78 is 27.1. The lowest BCUT2D eigenvalue weighted by Gasteiger charge is -2.11. The number of benzene rings is 1. The lowest BCUT2D eigenvalue weighted by atomic mass is 10.2. The van der Waals surface area contributed by atoms with E-state index in [1.807, 2.05) is 0 Å². The molecule has 0 aromatic heterocycles. The number of hydrogen-bond acceptors (Lipinski definition) is 2. The van der Waals surface area contributed by atoms with Crippen molar-refractivity contribution in [2.75, 3.05) is 5.32 Å². The van der Waals surface area contributed by atoms with E-state index < -0.39 is 11.6 Å². The first-order valence-corrected chi connectivity index (χ1v) is 5.38. The summed E-state index contributed by atoms with van der Waals surface area (Å²) in [5, 5.41) is 2.54. The minimum absolute atomic E-state index is 0.177. The molecule has 0 amide bonds. The maximum Gasteiger partial charge on any atom is 0.210 e. The van der Waals surface area contributed by atoms with Crippen molar-refractivity contribution in [3.8, 4) is 0 Å². The molecule has 1 aliphatic carbocycles. The molecule has 6 heteroatoms. The second kappa shape index (κ2) is 4.67. The molecule has 0 atom stereocenters. The van der Waals surface area contributed by atoms with Crippen LogP contribution in [0.5, 0.6) is 0 Å². The van der Waals surface area contributed by atoms with Crippen LogP contribution in [0.3, 0.4) is 0 Å². The average molecular weight is 240 g/mol. The van der Waals surface area contributed by atoms with Crippen molar-refractivity contribution in [1.82, 2.24) is 5.43 Å². The summed E-state index contributed by atoms with van der Waals surface area (Å²) in [6.07, 6.45) is 1.96. The first kappa shape index (κ1) is 11.8. The molecule has 1 aromatic carbocycles. The fourth-order valence-electron chi connectivity index (χ4n) is 1.38. The van der Waals surface area contributed by atoms with Crippen LogP contribution in [-0.2, 0) is 0 Å². The third-order valence-corrected chi connectivity index (χ3v) is 2.52. The number of halogens is 2. The zero-order valence-corrected chi connectivity index (χ0v) is 9.43. The van der Waals surface area contributed by atoms with Gasteiger partial charge in [-0.1, -0.05) is 6.07 Å². The summed E-state index contributed by atoms with van der Waals surface area (Å²) >= 11 is 0. The van der Waals surface area contributed by atoms with Crippen molar-refractivity contribution in [1.29, 1.82) is 0 Å². The zero-order valence-electron chi connectivity index (χ0n) is 9.43. The van der Waals surface area contributed by atoms with Gasteiger partial charge in [-0.05, 0) is 31.4 Å². The normalized spacial score (nSPS) is 15.9. The fourth-order valence-corrected chi connectivity index (χ4v) is 1.38. The van der Waals surface area contributed by atoms with Crippen LogP contribution in [0.1, 0.15) is 18.4 Å². The fraction of sp³-hybridized carbons (Fsp3) is 0.364. The summed E-state index contributed by atoms with van der Waals surface area (Å²) in [4.78, 5) is 4.15. The van der Waals surface area contributed by atoms with Gasteiger partial charge < -0.3 is 5.32 Å². The maximum atomic E-state index is 13.7. The molecule has 1 fully saturated rings. The van der Waals surface area contributed by atoms with E-state index in [0.717, 1.165) is 12.8 Å². The third kappa shape index (κ3) is 2.71. The van der Waals surface area contributed by atoms with Crippen molar-refractivity contribution in [3.05, 3.63) is 29.3 Å². The van der Waals surface area contributed by atoms with Crippen LogP contribution < -0.4 is 16.6 Å². The molecule has 4 nitrogen and oxygen atoms in total. The molecule has 92 valence electrons. The lowest BCUT2D eigenvalue weighted by molar-refractivity contribution is 0.585. The van der Waals surface area contributed by atoms with Gasteiger partial charge >= 0.3 is 0 Å². The maximum absolute atomic E-state index is 13.7. The number of nitrogens with zero attached hydrogens (tertiary/aromatic N) is 1. The van der Waals surface area contributed by atoms with Gasteiger partial charge in [0.05, 0.1) is 6.04 Å². The smallest absolute Gasteiger partial charge is 0.210 e. The van der Waals surface area contributed by atoms with Crippen molar-refractivity contribution in [3.63, 3.8) is 0 Å². The van der Waals surface area contributed by atoms with Gasteiger partial charge in [-0.15, -0.1) is 0 Å². The summed E-state index contributed by atoms with van der Waals surface area (Å²) in [7, 11) is 0. The first-order valence-electron chi connectivity index (χ1n) is 5.38. The van der Waals surface area contributed by atoms with Gasteiger partial charge in [0.1, 0.15) is 11.5 Å². The van der Waals surface area contributed by atoms with E-state index in [-0.39, 0.29) is 17.7 Å². The van der Waals surface area contributed by atoms with Gasteiger partial charge in [0, 0.05) is 0 Å². The molecule has 1 saturated carbocycles. The molecule has 0 unspecified atom stereocenters. The number of nitrogens with two attached hydrogens (primary N) is 1. The second-order valence-corrected chi connectivity index (χ2v) is 4.03. The van der Waals surface area contributed by atoms with Crippen LogP contribution >= 0.6 is 0 Å². The zero-order chi connectivity index (χ0) is 12.4. The van der Waals surface area contributed by atoms with Crippen LogP contribution in [0.15, 0.2) is 17.1 Å². The standard InChI is InChI=1S/C11H14F2N4/c1-6-2-5-8(12)10(9(6)13)16-11(17-14)15-7-3-4-7/h2,5,7H,3-4,14H2,1H3,(H2,15,16,17). The molecule has 1 aromatic rings. The predicted molar refractivity (Wildman–Crippen MR) is 62.5 cm³/mol. The highest BCUT2D eigenvalue weighted by atomic mass is 19.1. The van der Waals surface area contributed by atoms with Crippen LogP contribution in [-0.4, -0.2) is 12.0 Å². The number of anilines is 1. The highest BCUT2D eigenvalue weighted by molar-refractivity contribution is 5.93. The average Bonchev–Trinajstić information content (AvgIpc) is 3.12. The van der Waals surface area contributed by atoms with Crippen LogP contribution in [0, 0.1) is 18.6 Å². The van der Waals surface area contributed by atoms with E-state index in [9.17, 15) is 8.78 Å². The molecule has 0 aliphatic heterocycles. The summed E-state index contributed by atoms with van der Waals surface area (Å²) in [5.74, 6) is 4.11. The topological polar surface area (TPSA) is 62.4 Å². The number of rotatable bonds is 2. The Kier molecular flexibility index (Phi) is 3.23. The van der Waals surface area contributed by atoms with Crippen molar-refractivity contribution < 1.29 is 8.78 Å². The van der Waals surface area contributed by atoms with Crippen molar-refractivity contribution >= 4 is 11.6 Å². The van der Waals surface area contributed by atoms with Gasteiger partial charge in [-0.2, -0.15) is 0 Å². The summed E-state index contributed by atoms with van der Waals surface area (Å²) in [6, 6.07) is 2.78.